The molecule has 1 heterocycles. The summed E-state index contributed by atoms with van der Waals surface area (Å²) in [5.41, 5.74) is 2.93. The zero-order valence-electron chi connectivity index (χ0n) is 12.5. The van der Waals surface area contributed by atoms with Gasteiger partial charge in [-0.05, 0) is 44.3 Å². The van der Waals surface area contributed by atoms with Gasteiger partial charge in [-0.2, -0.15) is 5.10 Å². The van der Waals surface area contributed by atoms with Crippen LogP contribution in [0.5, 0.6) is 5.75 Å². The third kappa shape index (κ3) is 4.19. The molecule has 112 valence electrons. The molecular formula is C15H20N4OS. The van der Waals surface area contributed by atoms with Gasteiger partial charge in [0.1, 0.15) is 5.75 Å². The molecule has 21 heavy (non-hydrogen) atoms. The molecule has 0 bridgehead atoms. The van der Waals surface area contributed by atoms with Crippen molar-refractivity contribution in [1.29, 1.82) is 0 Å². The van der Waals surface area contributed by atoms with Gasteiger partial charge in [-0.25, -0.2) is 0 Å². The first-order chi connectivity index (χ1) is 10.1. The molecule has 5 nitrogen and oxygen atoms in total. The van der Waals surface area contributed by atoms with E-state index in [9.17, 15) is 0 Å². The third-order valence-electron chi connectivity index (χ3n) is 2.96. The first-order valence-electron chi connectivity index (χ1n) is 6.86. The smallest absolute Gasteiger partial charge is 0.171 e. The summed E-state index contributed by atoms with van der Waals surface area (Å²) >= 11 is 5.32. The number of para-hydroxylation sites is 2. The molecule has 0 radical (unpaired) electrons. The van der Waals surface area contributed by atoms with Crippen LogP contribution < -0.4 is 15.4 Å². The highest BCUT2D eigenvalue weighted by Crippen LogP contribution is 2.23. The Labute approximate surface area is 130 Å². The van der Waals surface area contributed by atoms with Crippen molar-refractivity contribution in [2.24, 2.45) is 7.05 Å². The van der Waals surface area contributed by atoms with Crippen LogP contribution in [-0.4, -0.2) is 21.5 Å². The maximum absolute atomic E-state index is 5.56. The second kappa shape index (κ2) is 7.08. The maximum atomic E-state index is 5.56. The predicted octanol–water partition coefficient (Wildman–Crippen LogP) is 2.61. The first kappa shape index (κ1) is 15.3. The fourth-order valence-corrected chi connectivity index (χ4v) is 2.20. The van der Waals surface area contributed by atoms with Crippen LogP contribution in [0.3, 0.4) is 0 Å². The molecule has 0 aliphatic heterocycles. The van der Waals surface area contributed by atoms with E-state index in [-0.39, 0.29) is 0 Å². The summed E-state index contributed by atoms with van der Waals surface area (Å²) in [5.74, 6) is 0.792. The number of anilines is 1. The Bertz CT molecular complexity index is 624. The SMILES string of the molecule is CCOc1ccccc1NC(=S)NCc1cc(C)nn1C. The van der Waals surface area contributed by atoms with Gasteiger partial charge in [0.2, 0.25) is 0 Å². The lowest BCUT2D eigenvalue weighted by molar-refractivity contribution is 0.342. The maximum Gasteiger partial charge on any atom is 0.171 e. The summed E-state index contributed by atoms with van der Waals surface area (Å²) in [6, 6.07) is 9.76. The molecule has 0 spiro atoms. The summed E-state index contributed by atoms with van der Waals surface area (Å²) < 4.78 is 7.41. The largest absolute Gasteiger partial charge is 0.492 e. The fourth-order valence-electron chi connectivity index (χ4n) is 2.02. The van der Waals surface area contributed by atoms with E-state index in [1.807, 2.05) is 55.9 Å². The molecule has 2 N–H and O–H groups in total. The molecule has 1 aromatic heterocycles. The van der Waals surface area contributed by atoms with E-state index in [1.165, 1.54) is 0 Å². The van der Waals surface area contributed by atoms with E-state index in [1.54, 1.807) is 0 Å². The number of thiocarbonyl (C=S) groups is 1. The molecule has 0 fully saturated rings. The van der Waals surface area contributed by atoms with Crippen LogP contribution in [0.4, 0.5) is 5.69 Å². The van der Waals surface area contributed by atoms with Crippen molar-refractivity contribution in [3.05, 3.63) is 41.7 Å². The normalized spacial score (nSPS) is 10.2. The van der Waals surface area contributed by atoms with Crippen LogP contribution in [-0.2, 0) is 13.6 Å². The van der Waals surface area contributed by atoms with Crippen LogP contribution in [0.25, 0.3) is 0 Å². The Morgan fingerprint density at radius 1 is 1.38 bits per heavy atom. The number of benzene rings is 1. The number of hydrogen-bond donors (Lipinski definition) is 2. The van der Waals surface area contributed by atoms with Gasteiger partial charge in [-0.15, -0.1) is 0 Å². The van der Waals surface area contributed by atoms with Crippen molar-refractivity contribution < 1.29 is 4.74 Å². The monoisotopic (exact) mass is 304 g/mol. The van der Waals surface area contributed by atoms with Gasteiger partial charge in [-0.3, -0.25) is 4.68 Å². The van der Waals surface area contributed by atoms with E-state index < -0.39 is 0 Å². The molecule has 0 unspecified atom stereocenters. The van der Waals surface area contributed by atoms with Gasteiger partial charge in [0, 0.05) is 7.05 Å². The van der Waals surface area contributed by atoms with Crippen molar-refractivity contribution in [3.63, 3.8) is 0 Å². The number of nitrogens with zero attached hydrogens (tertiary/aromatic N) is 2. The van der Waals surface area contributed by atoms with Gasteiger partial charge < -0.3 is 15.4 Å². The van der Waals surface area contributed by atoms with E-state index in [0.717, 1.165) is 22.8 Å². The summed E-state index contributed by atoms with van der Waals surface area (Å²) in [5, 5.41) is 11.2. The topological polar surface area (TPSA) is 51.1 Å². The molecule has 2 rings (SSSR count). The number of hydrogen-bond acceptors (Lipinski definition) is 3. The van der Waals surface area contributed by atoms with Crippen molar-refractivity contribution in [1.82, 2.24) is 15.1 Å². The fraction of sp³-hybridized carbons (Fsp3) is 0.333. The minimum Gasteiger partial charge on any atom is -0.492 e. The zero-order valence-corrected chi connectivity index (χ0v) is 13.3. The number of aryl methyl sites for hydroxylation is 2. The van der Waals surface area contributed by atoms with Gasteiger partial charge in [0.15, 0.2) is 5.11 Å². The molecule has 6 heteroatoms. The predicted molar refractivity (Wildman–Crippen MR) is 88.6 cm³/mol. The lowest BCUT2D eigenvalue weighted by Crippen LogP contribution is -2.28. The number of ether oxygens (including phenoxy) is 1. The molecule has 0 aliphatic rings. The first-order valence-corrected chi connectivity index (χ1v) is 7.27. The standard InChI is InChI=1S/C15H20N4OS/c1-4-20-14-8-6-5-7-13(14)17-15(21)16-10-12-9-11(2)18-19(12)3/h5-9H,4,10H2,1-3H3,(H2,16,17,21). The minimum atomic E-state index is 0.556. The van der Waals surface area contributed by atoms with Crippen LogP contribution in [0.15, 0.2) is 30.3 Å². The molecule has 0 atom stereocenters. The summed E-state index contributed by atoms with van der Waals surface area (Å²) in [6.45, 7) is 5.17. The zero-order chi connectivity index (χ0) is 15.2. The van der Waals surface area contributed by atoms with Crippen LogP contribution in [0.1, 0.15) is 18.3 Å². The van der Waals surface area contributed by atoms with Crippen LogP contribution in [0.2, 0.25) is 0 Å². The Kier molecular flexibility index (Phi) is 5.16. The van der Waals surface area contributed by atoms with E-state index in [0.29, 0.717) is 18.3 Å². The molecular weight excluding hydrogens is 284 g/mol. The Morgan fingerprint density at radius 3 is 2.81 bits per heavy atom. The van der Waals surface area contributed by atoms with Gasteiger partial charge in [-0.1, -0.05) is 12.1 Å². The van der Waals surface area contributed by atoms with E-state index in [4.69, 9.17) is 17.0 Å². The number of nitrogens with one attached hydrogen (secondary N) is 2. The highest BCUT2D eigenvalue weighted by atomic mass is 32.1. The lowest BCUT2D eigenvalue weighted by atomic mass is 10.3. The van der Waals surface area contributed by atoms with E-state index in [2.05, 4.69) is 15.7 Å². The Morgan fingerprint density at radius 2 is 2.14 bits per heavy atom. The minimum absolute atomic E-state index is 0.556. The Balaban J connectivity index is 1.94. The van der Waals surface area contributed by atoms with Crippen LogP contribution in [0, 0.1) is 6.92 Å². The highest BCUT2D eigenvalue weighted by Gasteiger charge is 2.06. The van der Waals surface area contributed by atoms with Crippen molar-refractivity contribution in [3.8, 4) is 5.75 Å². The molecule has 1 aromatic carbocycles. The number of rotatable bonds is 5. The molecule has 0 saturated carbocycles. The van der Waals surface area contributed by atoms with E-state index >= 15 is 0 Å². The second-order valence-electron chi connectivity index (χ2n) is 4.64. The average Bonchev–Trinajstić information content (AvgIpc) is 2.77. The van der Waals surface area contributed by atoms with Gasteiger partial charge in [0.25, 0.3) is 0 Å². The highest BCUT2D eigenvalue weighted by molar-refractivity contribution is 7.80. The quantitative estimate of drug-likeness (QED) is 0.832. The number of aromatic nitrogens is 2. The average molecular weight is 304 g/mol. The molecule has 0 aliphatic carbocycles. The van der Waals surface area contributed by atoms with Crippen molar-refractivity contribution in [2.45, 2.75) is 20.4 Å². The van der Waals surface area contributed by atoms with Crippen molar-refractivity contribution in [2.75, 3.05) is 11.9 Å². The molecule has 0 amide bonds. The lowest BCUT2D eigenvalue weighted by Gasteiger charge is -2.14. The third-order valence-corrected chi connectivity index (χ3v) is 3.21. The summed E-state index contributed by atoms with van der Waals surface area (Å²) in [6.07, 6.45) is 0. The van der Waals surface area contributed by atoms with Gasteiger partial charge in [0.05, 0.1) is 30.2 Å². The molecule has 2 aromatic rings. The van der Waals surface area contributed by atoms with Gasteiger partial charge >= 0.3 is 0 Å². The summed E-state index contributed by atoms with van der Waals surface area (Å²) in [4.78, 5) is 0. The summed E-state index contributed by atoms with van der Waals surface area (Å²) in [7, 11) is 1.92. The van der Waals surface area contributed by atoms with Crippen LogP contribution >= 0.6 is 12.2 Å². The molecule has 0 saturated heterocycles. The Hall–Kier alpha value is -2.08. The second-order valence-corrected chi connectivity index (χ2v) is 5.05. The van der Waals surface area contributed by atoms with Crippen molar-refractivity contribution >= 4 is 23.0 Å².